The van der Waals surface area contributed by atoms with Crippen molar-refractivity contribution in [3.8, 4) is 11.3 Å². The van der Waals surface area contributed by atoms with Crippen LogP contribution in [0.3, 0.4) is 0 Å². The van der Waals surface area contributed by atoms with Crippen LogP contribution in [0.5, 0.6) is 0 Å². The summed E-state index contributed by atoms with van der Waals surface area (Å²) in [6, 6.07) is 13.9. The van der Waals surface area contributed by atoms with Crippen LogP contribution >= 0.6 is 11.6 Å². The van der Waals surface area contributed by atoms with Crippen molar-refractivity contribution in [2.24, 2.45) is 5.10 Å². The van der Waals surface area contributed by atoms with Gasteiger partial charge < -0.3 is 9.15 Å². The van der Waals surface area contributed by atoms with Gasteiger partial charge >= 0.3 is 5.97 Å². The van der Waals surface area contributed by atoms with Crippen molar-refractivity contribution in [3.63, 3.8) is 0 Å². The van der Waals surface area contributed by atoms with Crippen molar-refractivity contribution >= 4 is 46.6 Å². The van der Waals surface area contributed by atoms with Gasteiger partial charge in [-0.3, -0.25) is 14.9 Å². The summed E-state index contributed by atoms with van der Waals surface area (Å²) in [7, 11) is 0. The average molecular weight is 494 g/mol. The molecule has 0 bridgehead atoms. The number of hydrazone groups is 1. The second-order valence-corrected chi connectivity index (χ2v) is 8.39. The number of furan rings is 1. The minimum absolute atomic E-state index is 0.0195. The lowest BCUT2D eigenvalue weighted by atomic mass is 10.1. The third-order valence-electron chi connectivity index (χ3n) is 5.10. The molecule has 0 unspecified atom stereocenters. The molecule has 0 aliphatic carbocycles. The molecule has 1 aliphatic heterocycles. The summed E-state index contributed by atoms with van der Waals surface area (Å²) in [4.78, 5) is 35.9. The minimum atomic E-state index is -0.593. The Kier molecular flexibility index (Phi) is 6.52. The molecular weight excluding hydrogens is 474 g/mol. The number of esters is 1. The monoisotopic (exact) mass is 493 g/mol. The van der Waals surface area contributed by atoms with Gasteiger partial charge in [0.15, 0.2) is 0 Å². The molecule has 0 radical (unpaired) electrons. The van der Waals surface area contributed by atoms with E-state index in [0.29, 0.717) is 34.1 Å². The molecule has 9 nitrogen and oxygen atoms in total. The highest BCUT2D eigenvalue weighted by Gasteiger charge is 2.30. The smallest absolute Gasteiger partial charge is 0.339 e. The Balaban J connectivity index is 1.58. The van der Waals surface area contributed by atoms with Crippen molar-refractivity contribution in [2.45, 2.75) is 26.9 Å². The van der Waals surface area contributed by atoms with Gasteiger partial charge in [0.2, 0.25) is 0 Å². The Bertz CT molecular complexity index is 1390. The number of anilines is 1. The lowest BCUT2D eigenvalue weighted by Gasteiger charge is -2.14. The van der Waals surface area contributed by atoms with Crippen LogP contribution in [0.25, 0.3) is 17.4 Å². The first-order valence-electron chi connectivity index (χ1n) is 10.6. The predicted octanol–water partition coefficient (Wildman–Crippen LogP) is 5.88. The number of non-ortho nitro benzene ring substituents is 1. The number of nitro benzene ring substituents is 1. The molecule has 1 aliphatic rings. The van der Waals surface area contributed by atoms with Gasteiger partial charge in [-0.1, -0.05) is 11.6 Å². The molecule has 3 aromatic rings. The third kappa shape index (κ3) is 4.99. The van der Waals surface area contributed by atoms with E-state index in [-0.39, 0.29) is 22.4 Å². The lowest BCUT2D eigenvalue weighted by Crippen LogP contribution is -2.22. The number of nitrogens with zero attached hydrogens (tertiary/aromatic N) is 3. The number of nitro groups is 1. The maximum atomic E-state index is 13.1. The second-order valence-electron chi connectivity index (χ2n) is 7.98. The van der Waals surface area contributed by atoms with Crippen LogP contribution in [0.2, 0.25) is 5.02 Å². The average Bonchev–Trinajstić information content (AvgIpc) is 3.39. The summed E-state index contributed by atoms with van der Waals surface area (Å²) in [5.41, 5.74) is 1.92. The Morgan fingerprint density at radius 2 is 1.89 bits per heavy atom. The molecule has 0 N–H and O–H groups in total. The fourth-order valence-corrected chi connectivity index (χ4v) is 3.61. The van der Waals surface area contributed by atoms with Crippen LogP contribution in [0.1, 0.15) is 36.9 Å². The molecule has 1 aromatic heterocycles. The Labute approximate surface area is 205 Å². The molecular formula is C25H20ClN3O6. The molecule has 35 heavy (non-hydrogen) atoms. The number of amides is 1. The molecule has 2 aromatic carbocycles. The van der Waals surface area contributed by atoms with Gasteiger partial charge in [-0.25, -0.2) is 4.79 Å². The molecule has 178 valence electrons. The zero-order valence-corrected chi connectivity index (χ0v) is 19.8. The van der Waals surface area contributed by atoms with E-state index in [1.54, 1.807) is 57.2 Å². The standard InChI is InChI=1S/C25H20ClN3O6/c1-14(2)34-25(31)21-12-18(8-10-22(21)26)28-24(30)20(15(3)27-28)13-19-9-11-23(35-19)16-4-6-17(7-5-16)29(32)33/h4-14H,1-3H3/b20-13-. The largest absolute Gasteiger partial charge is 0.459 e. The summed E-state index contributed by atoms with van der Waals surface area (Å²) >= 11 is 6.16. The quantitative estimate of drug-likeness (QED) is 0.183. The van der Waals surface area contributed by atoms with Gasteiger partial charge in [0, 0.05) is 17.7 Å². The highest BCUT2D eigenvalue weighted by Crippen LogP contribution is 2.30. The number of hydrogen-bond acceptors (Lipinski definition) is 7. The minimum Gasteiger partial charge on any atom is -0.459 e. The number of carbonyl (C=O) groups excluding carboxylic acids is 2. The molecule has 4 rings (SSSR count). The number of benzene rings is 2. The van der Waals surface area contributed by atoms with Gasteiger partial charge in [-0.2, -0.15) is 10.1 Å². The number of rotatable bonds is 6. The van der Waals surface area contributed by atoms with E-state index in [0.717, 1.165) is 0 Å². The van der Waals surface area contributed by atoms with Gasteiger partial charge in [0.05, 0.1) is 38.6 Å². The first-order chi connectivity index (χ1) is 16.6. The normalized spacial score (nSPS) is 14.5. The van der Waals surface area contributed by atoms with E-state index in [4.69, 9.17) is 20.8 Å². The zero-order valence-electron chi connectivity index (χ0n) is 19.0. The maximum absolute atomic E-state index is 13.1. The van der Waals surface area contributed by atoms with E-state index in [1.807, 2.05) is 0 Å². The third-order valence-corrected chi connectivity index (χ3v) is 5.43. The first-order valence-corrected chi connectivity index (χ1v) is 11.0. The summed E-state index contributed by atoms with van der Waals surface area (Å²) in [5.74, 6) is -0.0873. The van der Waals surface area contributed by atoms with Crippen LogP contribution in [0, 0.1) is 10.1 Å². The Morgan fingerprint density at radius 3 is 2.54 bits per heavy atom. The van der Waals surface area contributed by atoms with Gasteiger partial charge in [-0.15, -0.1) is 0 Å². The van der Waals surface area contributed by atoms with E-state index in [2.05, 4.69) is 5.10 Å². The fourth-order valence-electron chi connectivity index (χ4n) is 3.41. The van der Waals surface area contributed by atoms with Gasteiger partial charge in [0.1, 0.15) is 11.5 Å². The summed E-state index contributed by atoms with van der Waals surface area (Å²) in [6.45, 7) is 5.14. The molecule has 0 saturated carbocycles. The summed E-state index contributed by atoms with van der Waals surface area (Å²) in [6.07, 6.45) is 1.24. The van der Waals surface area contributed by atoms with Crippen LogP contribution in [0.15, 0.2) is 69.7 Å². The van der Waals surface area contributed by atoms with Crippen LogP contribution in [-0.4, -0.2) is 28.6 Å². The number of halogens is 1. The lowest BCUT2D eigenvalue weighted by molar-refractivity contribution is -0.384. The molecule has 0 atom stereocenters. The molecule has 0 spiro atoms. The van der Waals surface area contributed by atoms with Crippen molar-refractivity contribution < 1.29 is 23.7 Å². The molecule has 0 fully saturated rings. The number of hydrogen-bond donors (Lipinski definition) is 0. The highest BCUT2D eigenvalue weighted by molar-refractivity contribution is 6.34. The van der Waals surface area contributed by atoms with E-state index < -0.39 is 16.8 Å². The molecule has 10 heteroatoms. The van der Waals surface area contributed by atoms with Crippen LogP contribution < -0.4 is 5.01 Å². The second kappa shape index (κ2) is 9.55. The summed E-state index contributed by atoms with van der Waals surface area (Å²) in [5, 5.41) is 16.6. The van der Waals surface area contributed by atoms with Crippen molar-refractivity contribution in [2.75, 3.05) is 5.01 Å². The zero-order chi connectivity index (χ0) is 25.3. The Hall–Kier alpha value is -4.24. The highest BCUT2D eigenvalue weighted by atomic mass is 35.5. The van der Waals surface area contributed by atoms with Gasteiger partial charge in [0.25, 0.3) is 11.6 Å². The fraction of sp³-hybridized carbons (Fsp3) is 0.160. The van der Waals surface area contributed by atoms with Gasteiger partial charge in [-0.05, 0) is 69.3 Å². The van der Waals surface area contributed by atoms with Crippen molar-refractivity contribution in [3.05, 3.63) is 86.6 Å². The van der Waals surface area contributed by atoms with Crippen molar-refractivity contribution in [1.29, 1.82) is 0 Å². The van der Waals surface area contributed by atoms with E-state index in [1.165, 1.54) is 29.3 Å². The van der Waals surface area contributed by atoms with Crippen LogP contribution in [0.4, 0.5) is 11.4 Å². The molecule has 0 saturated heterocycles. The first kappa shape index (κ1) is 23.9. The van der Waals surface area contributed by atoms with Crippen LogP contribution in [-0.2, 0) is 9.53 Å². The van der Waals surface area contributed by atoms with E-state index in [9.17, 15) is 19.7 Å². The molecule has 2 heterocycles. The van der Waals surface area contributed by atoms with E-state index >= 15 is 0 Å². The maximum Gasteiger partial charge on any atom is 0.339 e. The Morgan fingerprint density at radius 1 is 1.17 bits per heavy atom. The molecule has 1 amide bonds. The summed E-state index contributed by atoms with van der Waals surface area (Å²) < 4.78 is 11.0. The topological polar surface area (TPSA) is 115 Å². The SMILES string of the molecule is CC1=NN(c2ccc(Cl)c(C(=O)OC(C)C)c2)C(=O)/C1=C\c1ccc(-c2ccc([N+](=O)[O-])cc2)o1. The number of ether oxygens (including phenoxy) is 1. The predicted molar refractivity (Wildman–Crippen MR) is 131 cm³/mol. The van der Waals surface area contributed by atoms with Crippen molar-refractivity contribution in [1.82, 2.24) is 0 Å². The number of carbonyl (C=O) groups is 2.